The summed E-state index contributed by atoms with van der Waals surface area (Å²) in [6.45, 7) is 7.36. The summed E-state index contributed by atoms with van der Waals surface area (Å²) < 4.78 is 5.67. The van der Waals surface area contributed by atoms with Crippen LogP contribution in [0.15, 0.2) is 18.2 Å². The van der Waals surface area contributed by atoms with Gasteiger partial charge in [-0.2, -0.15) is 0 Å². The molecule has 0 spiro atoms. The Labute approximate surface area is 119 Å². The highest BCUT2D eigenvalue weighted by molar-refractivity contribution is 6.30. The zero-order chi connectivity index (χ0) is 14.6. The summed E-state index contributed by atoms with van der Waals surface area (Å²) in [5, 5.41) is 3.40. The molecule has 0 heterocycles. The molecule has 1 amide bonds. The third-order valence-corrected chi connectivity index (χ3v) is 2.80. The number of hydrogen-bond donors (Lipinski definition) is 2. The van der Waals surface area contributed by atoms with Crippen molar-refractivity contribution >= 4 is 17.5 Å². The maximum Gasteiger partial charge on any atom is 0.260 e. The number of halogens is 1. The third kappa shape index (κ3) is 4.73. The molecule has 1 unspecified atom stereocenters. The molecule has 0 saturated heterocycles. The van der Waals surface area contributed by atoms with Gasteiger partial charge >= 0.3 is 0 Å². The van der Waals surface area contributed by atoms with Crippen LogP contribution in [0.2, 0.25) is 5.02 Å². The fraction of sp³-hybridized carbons (Fsp3) is 0.500. The van der Waals surface area contributed by atoms with Crippen LogP contribution in [0.1, 0.15) is 39.3 Å². The van der Waals surface area contributed by atoms with Crippen molar-refractivity contribution in [3.63, 3.8) is 0 Å². The highest BCUT2D eigenvalue weighted by atomic mass is 35.5. The molecular formula is C14H21ClN2O2. The average Bonchev–Trinajstić information content (AvgIpc) is 2.30. The molecule has 1 aromatic rings. The van der Waals surface area contributed by atoms with Crippen molar-refractivity contribution in [2.45, 2.75) is 45.9 Å². The number of carbonyl (C=O) groups is 1. The first-order valence-electron chi connectivity index (χ1n) is 6.33. The molecule has 1 aromatic carbocycles. The molecule has 0 aliphatic heterocycles. The molecule has 4 nitrogen and oxygen atoms in total. The van der Waals surface area contributed by atoms with Crippen LogP contribution >= 0.6 is 11.6 Å². The lowest BCUT2D eigenvalue weighted by Gasteiger charge is -2.20. The lowest BCUT2D eigenvalue weighted by molar-refractivity contribution is -0.127. The zero-order valence-electron chi connectivity index (χ0n) is 11.7. The molecule has 19 heavy (non-hydrogen) atoms. The van der Waals surface area contributed by atoms with E-state index in [1.54, 1.807) is 25.1 Å². The normalized spacial score (nSPS) is 14.1. The Morgan fingerprint density at radius 1 is 1.32 bits per heavy atom. The summed E-state index contributed by atoms with van der Waals surface area (Å²) in [5.41, 5.74) is 6.67. The van der Waals surface area contributed by atoms with Crippen LogP contribution in [-0.4, -0.2) is 18.1 Å². The predicted molar refractivity (Wildman–Crippen MR) is 77.4 cm³/mol. The fourth-order valence-corrected chi connectivity index (χ4v) is 1.81. The highest BCUT2D eigenvalue weighted by Crippen LogP contribution is 2.28. The van der Waals surface area contributed by atoms with E-state index in [2.05, 4.69) is 5.32 Å². The van der Waals surface area contributed by atoms with E-state index < -0.39 is 6.10 Å². The summed E-state index contributed by atoms with van der Waals surface area (Å²) in [7, 11) is 0. The molecule has 0 saturated carbocycles. The van der Waals surface area contributed by atoms with Crippen molar-refractivity contribution in [3.8, 4) is 5.75 Å². The van der Waals surface area contributed by atoms with Crippen molar-refractivity contribution in [1.82, 2.24) is 5.32 Å². The van der Waals surface area contributed by atoms with Crippen LogP contribution in [0.3, 0.4) is 0 Å². The van der Waals surface area contributed by atoms with Crippen LogP contribution in [0.25, 0.3) is 0 Å². The maximum absolute atomic E-state index is 11.8. The highest BCUT2D eigenvalue weighted by Gasteiger charge is 2.18. The van der Waals surface area contributed by atoms with Gasteiger partial charge in [0.15, 0.2) is 6.10 Å². The van der Waals surface area contributed by atoms with Crippen molar-refractivity contribution in [1.29, 1.82) is 0 Å². The topological polar surface area (TPSA) is 64.3 Å². The molecular weight excluding hydrogens is 264 g/mol. The lowest BCUT2D eigenvalue weighted by Crippen LogP contribution is -2.40. The molecule has 0 aliphatic rings. The van der Waals surface area contributed by atoms with E-state index in [1.807, 2.05) is 20.8 Å². The van der Waals surface area contributed by atoms with Crippen molar-refractivity contribution < 1.29 is 9.53 Å². The molecule has 0 radical (unpaired) electrons. The largest absolute Gasteiger partial charge is 0.481 e. The first-order chi connectivity index (χ1) is 8.81. The lowest BCUT2D eigenvalue weighted by atomic mass is 10.1. The van der Waals surface area contributed by atoms with E-state index in [4.69, 9.17) is 22.1 Å². The second-order valence-electron chi connectivity index (χ2n) is 4.89. The average molecular weight is 285 g/mol. The van der Waals surface area contributed by atoms with E-state index in [1.165, 1.54) is 0 Å². The number of nitrogens with one attached hydrogen (secondary N) is 1. The number of hydrogen-bond acceptors (Lipinski definition) is 3. The molecule has 0 aliphatic carbocycles. The first-order valence-corrected chi connectivity index (χ1v) is 6.71. The predicted octanol–water partition coefficient (Wildman–Crippen LogP) is 2.65. The van der Waals surface area contributed by atoms with Crippen LogP contribution in [-0.2, 0) is 4.79 Å². The number of nitrogens with two attached hydrogens (primary N) is 1. The summed E-state index contributed by atoms with van der Waals surface area (Å²) in [4.78, 5) is 11.8. The third-order valence-electron chi connectivity index (χ3n) is 2.57. The van der Waals surface area contributed by atoms with Gasteiger partial charge in [-0.3, -0.25) is 4.79 Å². The summed E-state index contributed by atoms with van der Waals surface area (Å²) in [6.07, 6.45) is -0.582. The molecule has 5 heteroatoms. The molecule has 106 valence electrons. The van der Waals surface area contributed by atoms with E-state index >= 15 is 0 Å². The van der Waals surface area contributed by atoms with Gasteiger partial charge in [0.05, 0.1) is 0 Å². The van der Waals surface area contributed by atoms with Gasteiger partial charge in [-0.15, -0.1) is 0 Å². The molecule has 0 fully saturated rings. The van der Waals surface area contributed by atoms with Crippen LogP contribution in [0.5, 0.6) is 5.75 Å². The van der Waals surface area contributed by atoms with E-state index in [9.17, 15) is 4.79 Å². The number of amides is 1. The number of rotatable bonds is 5. The molecule has 1 rings (SSSR count). The van der Waals surface area contributed by atoms with Gasteiger partial charge in [0.25, 0.3) is 5.91 Å². The Morgan fingerprint density at radius 2 is 1.95 bits per heavy atom. The Hall–Kier alpha value is -1.26. The van der Waals surface area contributed by atoms with Crippen LogP contribution < -0.4 is 15.8 Å². The Morgan fingerprint density at radius 3 is 2.47 bits per heavy atom. The van der Waals surface area contributed by atoms with Gasteiger partial charge in [-0.1, -0.05) is 11.6 Å². The van der Waals surface area contributed by atoms with Gasteiger partial charge in [-0.25, -0.2) is 0 Å². The van der Waals surface area contributed by atoms with E-state index in [0.29, 0.717) is 10.8 Å². The second kappa shape index (κ2) is 6.78. The quantitative estimate of drug-likeness (QED) is 0.874. The summed E-state index contributed by atoms with van der Waals surface area (Å²) in [5.74, 6) is 0.436. The maximum atomic E-state index is 11.8. The molecule has 0 bridgehead atoms. The number of carbonyl (C=O) groups excluding carboxylic acids is 1. The minimum atomic E-state index is -0.582. The molecule has 3 N–H and O–H groups in total. The first kappa shape index (κ1) is 15.8. The van der Waals surface area contributed by atoms with Crippen molar-refractivity contribution in [3.05, 3.63) is 28.8 Å². The SMILES string of the molecule is CC(C)NC(=O)C(C)Oc1ccc(Cl)cc1[C@@H](C)N. The van der Waals surface area contributed by atoms with Crippen LogP contribution in [0, 0.1) is 0 Å². The smallest absolute Gasteiger partial charge is 0.260 e. The second-order valence-corrected chi connectivity index (χ2v) is 5.33. The van der Waals surface area contributed by atoms with Gasteiger partial charge in [0, 0.05) is 22.7 Å². The minimum Gasteiger partial charge on any atom is -0.481 e. The standard InChI is InChI=1S/C14H21ClN2O2/c1-8(2)17-14(18)10(4)19-13-6-5-11(15)7-12(13)9(3)16/h5-10H,16H2,1-4H3,(H,17,18)/t9-,10?/m1/s1. The molecule has 0 aromatic heterocycles. The van der Waals surface area contributed by atoms with Gasteiger partial charge in [0.2, 0.25) is 0 Å². The Balaban J connectivity index is 2.84. The summed E-state index contributed by atoms with van der Waals surface area (Å²) >= 11 is 5.94. The Bertz CT molecular complexity index is 447. The fourth-order valence-electron chi connectivity index (χ4n) is 1.63. The zero-order valence-corrected chi connectivity index (χ0v) is 12.5. The van der Waals surface area contributed by atoms with Crippen molar-refractivity contribution in [2.75, 3.05) is 0 Å². The van der Waals surface area contributed by atoms with Gasteiger partial charge < -0.3 is 15.8 Å². The van der Waals surface area contributed by atoms with Gasteiger partial charge in [0.1, 0.15) is 5.75 Å². The number of ether oxygens (including phenoxy) is 1. The van der Waals surface area contributed by atoms with Gasteiger partial charge in [-0.05, 0) is 45.9 Å². The van der Waals surface area contributed by atoms with Crippen molar-refractivity contribution in [2.24, 2.45) is 5.73 Å². The van der Waals surface area contributed by atoms with E-state index in [0.717, 1.165) is 5.56 Å². The number of benzene rings is 1. The Kier molecular flexibility index (Phi) is 5.63. The minimum absolute atomic E-state index is 0.0803. The van der Waals surface area contributed by atoms with E-state index in [-0.39, 0.29) is 18.0 Å². The monoisotopic (exact) mass is 284 g/mol. The molecule has 2 atom stereocenters. The summed E-state index contributed by atoms with van der Waals surface area (Å²) in [6, 6.07) is 5.08. The van der Waals surface area contributed by atoms with Crippen LogP contribution in [0.4, 0.5) is 0 Å².